The zero-order valence-electron chi connectivity index (χ0n) is 17.9. The molecule has 2 aliphatic heterocycles. The number of rotatable bonds is 4. The number of amides is 1. The number of fused-ring (bicyclic) bond motifs is 1. The largest absolute Gasteiger partial charge is 0.394 e. The van der Waals surface area contributed by atoms with Gasteiger partial charge >= 0.3 is 0 Å². The molecule has 0 radical (unpaired) electrons. The fraction of sp³-hybridized carbons (Fsp3) is 0.400. The molecule has 3 atom stereocenters. The first kappa shape index (κ1) is 21.2. The van der Waals surface area contributed by atoms with E-state index in [4.69, 9.17) is 0 Å². The molecule has 1 saturated carbocycles. The zero-order chi connectivity index (χ0) is 22.5. The summed E-state index contributed by atoms with van der Waals surface area (Å²) in [6.07, 6.45) is 2.36. The molecule has 0 spiro atoms. The van der Waals surface area contributed by atoms with E-state index >= 15 is 0 Å². The molecule has 3 fully saturated rings. The highest BCUT2D eigenvalue weighted by molar-refractivity contribution is 7.89. The number of carbonyl (C=O) groups excluding carboxylic acids is 1. The third kappa shape index (κ3) is 3.62. The van der Waals surface area contributed by atoms with E-state index in [9.17, 15) is 18.3 Å². The molecule has 1 amide bonds. The fourth-order valence-corrected chi connectivity index (χ4v) is 6.47. The summed E-state index contributed by atoms with van der Waals surface area (Å²) in [6, 6.07) is 14.1. The second-order valence-electron chi connectivity index (χ2n) is 8.87. The van der Waals surface area contributed by atoms with Crippen LogP contribution in [0.5, 0.6) is 0 Å². The SMILES string of the molecule is Cc1ccccc1S(=O)(=O)N1CC(=O)N2[C@H](C1)[C@H](c1ccc(C#CC3CC3)cc1)[C@@H]2CO. The average molecular weight is 451 g/mol. The topological polar surface area (TPSA) is 77.9 Å². The van der Waals surface area contributed by atoms with E-state index in [1.54, 1.807) is 36.1 Å². The van der Waals surface area contributed by atoms with Gasteiger partial charge in [-0.25, -0.2) is 8.42 Å². The van der Waals surface area contributed by atoms with Gasteiger partial charge in [-0.05, 0) is 49.1 Å². The summed E-state index contributed by atoms with van der Waals surface area (Å²) < 4.78 is 27.9. The van der Waals surface area contributed by atoms with E-state index in [1.807, 2.05) is 24.3 Å². The highest BCUT2D eigenvalue weighted by atomic mass is 32.2. The van der Waals surface area contributed by atoms with Crippen molar-refractivity contribution in [2.45, 2.75) is 42.7 Å². The molecule has 0 unspecified atom stereocenters. The van der Waals surface area contributed by atoms with Crippen LogP contribution in [0.3, 0.4) is 0 Å². The second kappa shape index (κ2) is 8.04. The third-order valence-electron chi connectivity index (χ3n) is 6.73. The lowest BCUT2D eigenvalue weighted by molar-refractivity contribution is -0.158. The van der Waals surface area contributed by atoms with Gasteiger partial charge in [0.05, 0.1) is 30.1 Å². The van der Waals surface area contributed by atoms with Gasteiger partial charge in [-0.1, -0.05) is 42.2 Å². The third-order valence-corrected chi connectivity index (χ3v) is 8.70. The highest BCUT2D eigenvalue weighted by Crippen LogP contribution is 2.43. The molecule has 0 bridgehead atoms. The maximum Gasteiger partial charge on any atom is 0.243 e. The van der Waals surface area contributed by atoms with Crippen LogP contribution in [0.1, 0.15) is 35.4 Å². The van der Waals surface area contributed by atoms with E-state index in [1.165, 1.54) is 17.1 Å². The van der Waals surface area contributed by atoms with Crippen molar-refractivity contribution >= 4 is 15.9 Å². The summed E-state index contributed by atoms with van der Waals surface area (Å²) in [6.45, 7) is 1.62. The number of sulfonamides is 1. The number of piperazine rings is 1. The van der Waals surface area contributed by atoms with Crippen molar-refractivity contribution in [3.63, 3.8) is 0 Å². The number of aliphatic hydroxyl groups is 1. The molecule has 3 aliphatic rings. The maximum atomic E-state index is 13.3. The van der Waals surface area contributed by atoms with Crippen LogP contribution in [-0.2, 0) is 14.8 Å². The van der Waals surface area contributed by atoms with E-state index in [-0.39, 0.29) is 48.5 Å². The second-order valence-corrected chi connectivity index (χ2v) is 10.8. The number of benzene rings is 2. The molecular formula is C25H26N2O4S. The van der Waals surface area contributed by atoms with Gasteiger partial charge in [-0.3, -0.25) is 4.79 Å². The minimum atomic E-state index is -3.79. The van der Waals surface area contributed by atoms with Gasteiger partial charge in [0.2, 0.25) is 15.9 Å². The first-order chi connectivity index (χ1) is 15.4. The summed E-state index contributed by atoms with van der Waals surface area (Å²) in [4.78, 5) is 14.8. The Morgan fingerprint density at radius 3 is 2.47 bits per heavy atom. The summed E-state index contributed by atoms with van der Waals surface area (Å²) in [7, 11) is -3.79. The van der Waals surface area contributed by atoms with Gasteiger partial charge in [0.1, 0.15) is 0 Å². The maximum absolute atomic E-state index is 13.3. The number of hydrogen-bond acceptors (Lipinski definition) is 4. The first-order valence-electron chi connectivity index (χ1n) is 11.0. The van der Waals surface area contributed by atoms with Crippen molar-refractivity contribution < 1.29 is 18.3 Å². The van der Waals surface area contributed by atoms with Crippen LogP contribution in [0.4, 0.5) is 0 Å². The molecule has 7 heteroatoms. The van der Waals surface area contributed by atoms with Gasteiger partial charge in [0.25, 0.3) is 0 Å². The highest BCUT2D eigenvalue weighted by Gasteiger charge is 2.55. The van der Waals surface area contributed by atoms with Gasteiger partial charge in [-0.15, -0.1) is 0 Å². The molecule has 5 rings (SSSR count). The predicted octanol–water partition coefficient (Wildman–Crippen LogP) is 2.12. The molecule has 166 valence electrons. The Bertz CT molecular complexity index is 1210. The molecule has 32 heavy (non-hydrogen) atoms. The Kier molecular flexibility index (Phi) is 5.32. The minimum Gasteiger partial charge on any atom is -0.394 e. The van der Waals surface area contributed by atoms with E-state index in [0.717, 1.165) is 11.1 Å². The van der Waals surface area contributed by atoms with Gasteiger partial charge in [0.15, 0.2) is 0 Å². The summed E-state index contributed by atoms with van der Waals surface area (Å²) in [5.74, 6) is 6.59. The normalized spacial score (nSPS) is 25.5. The lowest BCUT2D eigenvalue weighted by Crippen LogP contribution is -2.73. The zero-order valence-corrected chi connectivity index (χ0v) is 18.8. The van der Waals surface area contributed by atoms with Crippen molar-refractivity contribution in [3.05, 3.63) is 65.2 Å². The number of aliphatic hydroxyl groups excluding tert-OH is 1. The Morgan fingerprint density at radius 2 is 1.81 bits per heavy atom. The van der Waals surface area contributed by atoms with Crippen LogP contribution < -0.4 is 0 Å². The lowest BCUT2D eigenvalue weighted by Gasteiger charge is -2.58. The van der Waals surface area contributed by atoms with Crippen molar-refractivity contribution in [2.75, 3.05) is 19.7 Å². The fourth-order valence-electron chi connectivity index (χ4n) is 4.84. The molecule has 2 aromatic carbocycles. The Balaban J connectivity index is 1.41. The van der Waals surface area contributed by atoms with Crippen molar-refractivity contribution in [1.82, 2.24) is 9.21 Å². The number of nitrogens with zero attached hydrogens (tertiary/aromatic N) is 2. The first-order valence-corrected chi connectivity index (χ1v) is 12.4. The molecule has 1 N–H and O–H groups in total. The monoisotopic (exact) mass is 450 g/mol. The van der Waals surface area contributed by atoms with Crippen LogP contribution >= 0.6 is 0 Å². The smallest absolute Gasteiger partial charge is 0.243 e. The molecule has 2 aromatic rings. The molecule has 6 nitrogen and oxygen atoms in total. The van der Waals surface area contributed by atoms with Gasteiger partial charge in [-0.2, -0.15) is 4.31 Å². The number of carbonyl (C=O) groups is 1. The van der Waals surface area contributed by atoms with Crippen molar-refractivity contribution in [1.29, 1.82) is 0 Å². The van der Waals surface area contributed by atoms with Crippen LogP contribution in [0.2, 0.25) is 0 Å². The Morgan fingerprint density at radius 1 is 1.09 bits per heavy atom. The summed E-state index contributed by atoms with van der Waals surface area (Å²) in [5, 5.41) is 9.97. The van der Waals surface area contributed by atoms with Crippen LogP contribution in [0.25, 0.3) is 0 Å². The van der Waals surface area contributed by atoms with Crippen LogP contribution in [-0.4, -0.2) is 60.4 Å². The average Bonchev–Trinajstić information content (AvgIpc) is 3.59. The Hall–Kier alpha value is -2.66. The molecule has 0 aromatic heterocycles. The molecule has 2 saturated heterocycles. The molecule has 2 heterocycles. The minimum absolute atomic E-state index is 0.121. The van der Waals surface area contributed by atoms with Gasteiger partial charge < -0.3 is 10.0 Å². The van der Waals surface area contributed by atoms with Crippen molar-refractivity contribution in [2.24, 2.45) is 5.92 Å². The molecule has 1 aliphatic carbocycles. The standard InChI is InChI=1S/C25H26N2O4S/c1-17-4-2-3-5-23(17)32(30,31)26-14-21-25(22(16-28)27(21)24(29)15-26)20-12-10-19(11-13-20)9-8-18-6-7-18/h2-5,10-13,18,21-22,25,28H,6-7,14-16H2,1H3/t21-,22+,25+/m1/s1. The van der Waals surface area contributed by atoms with Crippen LogP contribution in [0.15, 0.2) is 53.4 Å². The quantitative estimate of drug-likeness (QED) is 0.724. The number of aryl methyl sites for hydroxylation is 1. The summed E-state index contributed by atoms with van der Waals surface area (Å²) >= 11 is 0. The van der Waals surface area contributed by atoms with Crippen LogP contribution in [0, 0.1) is 24.7 Å². The van der Waals surface area contributed by atoms with E-state index < -0.39 is 10.0 Å². The van der Waals surface area contributed by atoms with Crippen molar-refractivity contribution in [3.8, 4) is 11.8 Å². The van der Waals surface area contributed by atoms with Gasteiger partial charge in [0, 0.05) is 23.9 Å². The Labute approximate surface area is 188 Å². The predicted molar refractivity (Wildman–Crippen MR) is 120 cm³/mol. The number of hydrogen-bond donors (Lipinski definition) is 1. The lowest BCUT2D eigenvalue weighted by atomic mass is 9.74. The molecular weight excluding hydrogens is 424 g/mol. The summed E-state index contributed by atoms with van der Waals surface area (Å²) in [5.41, 5.74) is 2.59. The van der Waals surface area contributed by atoms with E-state index in [0.29, 0.717) is 11.5 Å². The van der Waals surface area contributed by atoms with E-state index in [2.05, 4.69) is 11.8 Å².